The van der Waals surface area contributed by atoms with Crippen molar-refractivity contribution in [2.24, 2.45) is 5.10 Å². The number of furan rings is 1. The van der Waals surface area contributed by atoms with Gasteiger partial charge in [0.2, 0.25) is 0 Å². The number of carbonyl (C=O) groups is 1. The smallest absolute Gasteiger partial charge is 0.275 e. The number of fused-ring (bicyclic) bond motifs is 1. The van der Waals surface area contributed by atoms with Gasteiger partial charge in [0.1, 0.15) is 17.3 Å². The third-order valence-corrected chi connectivity index (χ3v) is 5.14. The molecule has 0 bridgehead atoms. The zero-order chi connectivity index (χ0) is 20.4. The highest BCUT2D eigenvalue weighted by Crippen LogP contribution is 2.30. The van der Waals surface area contributed by atoms with Crippen molar-refractivity contribution < 1.29 is 14.3 Å². The van der Waals surface area contributed by atoms with E-state index in [1.165, 1.54) is 6.21 Å². The molecule has 5 nitrogen and oxygen atoms in total. The number of carbonyl (C=O) groups excluding carboxylic acids is 1. The fourth-order valence-electron chi connectivity index (χ4n) is 3.01. The Bertz CT molecular complexity index is 1240. The first-order valence-electron chi connectivity index (χ1n) is 8.93. The van der Waals surface area contributed by atoms with E-state index in [1.807, 2.05) is 55.5 Å². The van der Waals surface area contributed by atoms with E-state index in [-0.39, 0.29) is 11.3 Å². The molecule has 1 amide bonds. The number of rotatable bonds is 4. The van der Waals surface area contributed by atoms with Crippen molar-refractivity contribution in [1.82, 2.24) is 5.43 Å². The van der Waals surface area contributed by atoms with Crippen LogP contribution in [0.15, 0.2) is 80.7 Å². The molecule has 3 aromatic carbocycles. The summed E-state index contributed by atoms with van der Waals surface area (Å²) in [6.45, 7) is 2.02. The summed E-state index contributed by atoms with van der Waals surface area (Å²) in [5.41, 5.74) is 4.66. The molecule has 0 aliphatic heterocycles. The standard InChI is InChI=1S/C23H17BrN2O3/c1-14-6-8-18(20(24)10-14)22-9-7-17(29-22)13-25-26-23(28)19-11-15-4-2-3-5-16(15)12-21(19)27/h2-13,27H,1H3,(H,26,28). The number of amides is 1. The molecule has 144 valence electrons. The van der Waals surface area contributed by atoms with Crippen molar-refractivity contribution in [3.63, 3.8) is 0 Å². The third-order valence-electron chi connectivity index (χ3n) is 4.48. The first kappa shape index (κ1) is 19.0. The average Bonchev–Trinajstić information content (AvgIpc) is 3.16. The Morgan fingerprint density at radius 2 is 1.83 bits per heavy atom. The van der Waals surface area contributed by atoms with Gasteiger partial charge in [-0.25, -0.2) is 5.43 Å². The van der Waals surface area contributed by atoms with E-state index < -0.39 is 5.91 Å². The minimum absolute atomic E-state index is 0.0964. The molecular weight excluding hydrogens is 432 g/mol. The Kier molecular flexibility index (Phi) is 5.18. The number of hydrogen-bond donors (Lipinski definition) is 2. The summed E-state index contributed by atoms with van der Waals surface area (Å²) >= 11 is 3.54. The number of hydrogen-bond acceptors (Lipinski definition) is 4. The number of nitrogens with zero attached hydrogens (tertiary/aromatic N) is 1. The summed E-state index contributed by atoms with van der Waals surface area (Å²) < 4.78 is 6.72. The van der Waals surface area contributed by atoms with Crippen LogP contribution in [-0.2, 0) is 0 Å². The molecular formula is C23H17BrN2O3. The van der Waals surface area contributed by atoms with Crippen LogP contribution in [0.1, 0.15) is 21.7 Å². The van der Waals surface area contributed by atoms with Gasteiger partial charge in [0.05, 0.1) is 11.8 Å². The van der Waals surface area contributed by atoms with Gasteiger partial charge in [-0.3, -0.25) is 4.79 Å². The van der Waals surface area contributed by atoms with Crippen LogP contribution in [0.2, 0.25) is 0 Å². The summed E-state index contributed by atoms with van der Waals surface area (Å²) in [6.07, 6.45) is 1.42. The lowest BCUT2D eigenvalue weighted by Crippen LogP contribution is -2.17. The van der Waals surface area contributed by atoms with Crippen LogP contribution < -0.4 is 5.43 Å². The van der Waals surface area contributed by atoms with E-state index >= 15 is 0 Å². The third kappa shape index (κ3) is 4.07. The number of benzene rings is 3. The van der Waals surface area contributed by atoms with Crippen LogP contribution in [0.5, 0.6) is 5.75 Å². The van der Waals surface area contributed by atoms with Gasteiger partial charge in [0.25, 0.3) is 5.91 Å². The van der Waals surface area contributed by atoms with Crippen LogP contribution in [0.4, 0.5) is 0 Å². The maximum absolute atomic E-state index is 12.4. The van der Waals surface area contributed by atoms with Crippen LogP contribution >= 0.6 is 15.9 Å². The van der Waals surface area contributed by atoms with Gasteiger partial charge in [-0.1, -0.05) is 46.3 Å². The zero-order valence-corrected chi connectivity index (χ0v) is 17.1. The highest BCUT2D eigenvalue weighted by molar-refractivity contribution is 9.10. The molecule has 4 aromatic rings. The molecule has 1 heterocycles. The molecule has 6 heteroatoms. The van der Waals surface area contributed by atoms with Crippen molar-refractivity contribution >= 4 is 38.8 Å². The molecule has 0 aliphatic carbocycles. The van der Waals surface area contributed by atoms with Crippen LogP contribution in [0.25, 0.3) is 22.1 Å². The molecule has 0 aliphatic rings. The largest absolute Gasteiger partial charge is 0.507 e. The Labute approximate surface area is 175 Å². The second-order valence-corrected chi connectivity index (χ2v) is 7.46. The van der Waals surface area contributed by atoms with E-state index in [2.05, 4.69) is 26.5 Å². The molecule has 0 unspecified atom stereocenters. The Morgan fingerprint density at radius 1 is 1.07 bits per heavy atom. The minimum Gasteiger partial charge on any atom is -0.507 e. The molecule has 0 radical (unpaired) electrons. The average molecular weight is 449 g/mol. The number of aromatic hydroxyl groups is 1. The maximum Gasteiger partial charge on any atom is 0.275 e. The molecule has 4 rings (SSSR count). The highest BCUT2D eigenvalue weighted by atomic mass is 79.9. The molecule has 2 N–H and O–H groups in total. The molecule has 0 fully saturated rings. The van der Waals surface area contributed by atoms with Gasteiger partial charge in [-0.15, -0.1) is 0 Å². The second-order valence-electron chi connectivity index (χ2n) is 6.60. The van der Waals surface area contributed by atoms with Gasteiger partial charge >= 0.3 is 0 Å². The van der Waals surface area contributed by atoms with Crippen LogP contribution in [0.3, 0.4) is 0 Å². The topological polar surface area (TPSA) is 74.8 Å². The maximum atomic E-state index is 12.4. The molecule has 29 heavy (non-hydrogen) atoms. The Morgan fingerprint density at radius 3 is 2.59 bits per heavy atom. The lowest BCUT2D eigenvalue weighted by atomic mass is 10.1. The van der Waals surface area contributed by atoms with Crippen molar-refractivity contribution in [1.29, 1.82) is 0 Å². The van der Waals surface area contributed by atoms with Crippen LogP contribution in [-0.4, -0.2) is 17.2 Å². The molecule has 0 saturated carbocycles. The monoisotopic (exact) mass is 448 g/mol. The van der Waals surface area contributed by atoms with Crippen molar-refractivity contribution in [2.75, 3.05) is 0 Å². The summed E-state index contributed by atoms with van der Waals surface area (Å²) in [4.78, 5) is 12.4. The molecule has 1 aromatic heterocycles. The summed E-state index contributed by atoms with van der Waals surface area (Å²) in [7, 11) is 0. The van der Waals surface area contributed by atoms with Crippen molar-refractivity contribution in [3.8, 4) is 17.1 Å². The van der Waals surface area contributed by atoms with E-state index in [0.29, 0.717) is 11.5 Å². The fourth-order valence-corrected chi connectivity index (χ4v) is 3.70. The quantitative estimate of drug-likeness (QED) is 0.313. The number of phenolic OH excluding ortho intramolecular Hbond substituents is 1. The predicted octanol–water partition coefficient (Wildman–Crippen LogP) is 5.64. The second kappa shape index (κ2) is 7.93. The number of aryl methyl sites for hydroxylation is 1. The summed E-state index contributed by atoms with van der Waals surface area (Å²) in [5.74, 6) is 0.589. The lowest BCUT2D eigenvalue weighted by molar-refractivity contribution is 0.0952. The van der Waals surface area contributed by atoms with Crippen LogP contribution in [0, 0.1) is 6.92 Å². The first-order valence-corrected chi connectivity index (χ1v) is 9.72. The zero-order valence-electron chi connectivity index (χ0n) is 15.5. The van der Waals surface area contributed by atoms with Gasteiger partial charge in [-0.05, 0) is 59.7 Å². The van der Waals surface area contributed by atoms with Gasteiger partial charge < -0.3 is 9.52 Å². The predicted molar refractivity (Wildman–Crippen MR) is 117 cm³/mol. The SMILES string of the molecule is Cc1ccc(-c2ccc(C=NNC(=O)c3cc4ccccc4cc3O)o2)c(Br)c1. The van der Waals surface area contributed by atoms with Crippen molar-refractivity contribution in [2.45, 2.75) is 6.92 Å². The summed E-state index contributed by atoms with van der Waals surface area (Å²) in [5, 5.41) is 15.8. The highest BCUT2D eigenvalue weighted by Gasteiger charge is 2.12. The molecule has 0 saturated heterocycles. The lowest BCUT2D eigenvalue weighted by Gasteiger charge is -2.05. The molecule has 0 spiro atoms. The van der Waals surface area contributed by atoms with Crippen molar-refractivity contribution in [3.05, 3.63) is 88.1 Å². The van der Waals surface area contributed by atoms with Gasteiger partial charge in [0, 0.05) is 10.0 Å². The summed E-state index contributed by atoms with van der Waals surface area (Å²) in [6, 6.07) is 20.3. The van der Waals surface area contributed by atoms with E-state index in [1.54, 1.807) is 18.2 Å². The number of phenols is 1. The van der Waals surface area contributed by atoms with E-state index in [9.17, 15) is 9.90 Å². The fraction of sp³-hybridized carbons (Fsp3) is 0.0435. The first-order chi connectivity index (χ1) is 14.0. The molecule has 0 atom stereocenters. The normalized spacial score (nSPS) is 11.2. The minimum atomic E-state index is -0.502. The Hall–Kier alpha value is -3.38. The Balaban J connectivity index is 1.49. The van der Waals surface area contributed by atoms with E-state index in [0.717, 1.165) is 26.4 Å². The number of halogens is 1. The van der Waals surface area contributed by atoms with Gasteiger partial charge in [-0.2, -0.15) is 5.10 Å². The van der Waals surface area contributed by atoms with Gasteiger partial charge in [0.15, 0.2) is 0 Å². The number of hydrazone groups is 1. The van der Waals surface area contributed by atoms with E-state index in [4.69, 9.17) is 4.42 Å². The number of nitrogens with one attached hydrogen (secondary N) is 1.